The molecule has 0 bridgehead atoms. The van der Waals surface area contributed by atoms with Crippen molar-refractivity contribution < 1.29 is 9.53 Å². The lowest BCUT2D eigenvalue weighted by Crippen LogP contribution is -2.10. The molecule has 3 nitrogen and oxygen atoms in total. The Kier molecular flexibility index (Phi) is 4.64. The summed E-state index contributed by atoms with van der Waals surface area (Å²) in [6, 6.07) is 15.1. The Bertz CT molecular complexity index is 596. The van der Waals surface area contributed by atoms with Crippen molar-refractivity contribution in [3.8, 4) is 11.1 Å². The van der Waals surface area contributed by atoms with E-state index in [1.165, 1.54) is 0 Å². The molecular weight excluding hydrogens is 274 g/mol. The van der Waals surface area contributed by atoms with E-state index >= 15 is 0 Å². The third-order valence-electron chi connectivity index (χ3n) is 2.97. The Morgan fingerprint density at radius 2 is 1.85 bits per heavy atom. The summed E-state index contributed by atoms with van der Waals surface area (Å²) in [6.45, 7) is 2.07. The van der Waals surface area contributed by atoms with E-state index in [1.54, 1.807) is 6.92 Å². The van der Waals surface area contributed by atoms with Gasteiger partial charge < -0.3 is 10.5 Å². The van der Waals surface area contributed by atoms with E-state index in [9.17, 15) is 4.79 Å². The molecule has 0 saturated heterocycles. The Hall–Kier alpha value is -2.00. The van der Waals surface area contributed by atoms with Crippen LogP contribution >= 0.6 is 11.6 Å². The third-order valence-corrected chi connectivity index (χ3v) is 3.40. The molecule has 2 rings (SSSR count). The number of halogens is 1. The lowest BCUT2D eigenvalue weighted by Gasteiger charge is -2.10. The van der Waals surface area contributed by atoms with E-state index in [0.717, 1.165) is 11.1 Å². The number of nitrogens with two attached hydrogens (primary N) is 1. The van der Waals surface area contributed by atoms with Gasteiger partial charge in [0, 0.05) is 11.3 Å². The minimum absolute atomic E-state index is 0.320. The number of carbonyl (C=O) groups is 1. The molecule has 0 aliphatic rings. The Morgan fingerprint density at radius 3 is 2.45 bits per heavy atom. The van der Waals surface area contributed by atoms with E-state index in [4.69, 9.17) is 22.1 Å². The Morgan fingerprint density at radius 1 is 1.20 bits per heavy atom. The molecule has 104 valence electrons. The molecule has 0 aromatic heterocycles. The summed E-state index contributed by atoms with van der Waals surface area (Å²) >= 11 is 6.07. The topological polar surface area (TPSA) is 52.3 Å². The molecule has 0 saturated carbocycles. The quantitative estimate of drug-likeness (QED) is 0.529. The molecule has 2 aromatic carbocycles. The van der Waals surface area contributed by atoms with Crippen LogP contribution in [0.5, 0.6) is 0 Å². The van der Waals surface area contributed by atoms with Crippen LogP contribution in [0.1, 0.15) is 17.9 Å². The van der Waals surface area contributed by atoms with Gasteiger partial charge in [-0.3, -0.25) is 4.79 Å². The van der Waals surface area contributed by atoms with Gasteiger partial charge in [0.1, 0.15) is 0 Å². The number of carbonyl (C=O) groups excluding carboxylic acids is 1. The van der Waals surface area contributed by atoms with Gasteiger partial charge in [-0.05, 0) is 24.1 Å². The van der Waals surface area contributed by atoms with E-state index < -0.39 is 11.3 Å². The van der Waals surface area contributed by atoms with Gasteiger partial charge in [0.15, 0.2) is 5.38 Å². The lowest BCUT2D eigenvalue weighted by molar-refractivity contribution is -0.142. The maximum absolute atomic E-state index is 11.6. The highest BCUT2D eigenvalue weighted by molar-refractivity contribution is 6.29. The second-order valence-corrected chi connectivity index (χ2v) is 4.76. The number of benzene rings is 2. The second kappa shape index (κ2) is 6.44. The average Bonchev–Trinajstić information content (AvgIpc) is 2.47. The van der Waals surface area contributed by atoms with Crippen LogP contribution in [0.4, 0.5) is 5.69 Å². The minimum Gasteiger partial charge on any atom is -0.465 e. The summed E-state index contributed by atoms with van der Waals surface area (Å²) in [4.78, 5) is 11.6. The monoisotopic (exact) mass is 289 g/mol. The molecule has 0 radical (unpaired) electrons. The van der Waals surface area contributed by atoms with E-state index in [-0.39, 0.29) is 0 Å². The molecule has 0 spiro atoms. The zero-order valence-electron chi connectivity index (χ0n) is 11.2. The van der Waals surface area contributed by atoms with Gasteiger partial charge in [-0.25, -0.2) is 0 Å². The zero-order chi connectivity index (χ0) is 14.5. The predicted octanol–water partition coefficient (Wildman–Crippen LogP) is 3.78. The van der Waals surface area contributed by atoms with Crippen LogP contribution in [0.25, 0.3) is 11.1 Å². The van der Waals surface area contributed by atoms with Gasteiger partial charge >= 0.3 is 5.97 Å². The van der Waals surface area contributed by atoms with Crippen LogP contribution in [0, 0.1) is 0 Å². The van der Waals surface area contributed by atoms with E-state index in [0.29, 0.717) is 17.9 Å². The summed E-state index contributed by atoms with van der Waals surface area (Å²) in [5.41, 5.74) is 9.31. The molecule has 2 aromatic rings. The van der Waals surface area contributed by atoms with Crippen LogP contribution in [-0.2, 0) is 9.53 Å². The number of esters is 1. The number of hydrogen-bond donors (Lipinski definition) is 1. The summed E-state index contributed by atoms with van der Waals surface area (Å²) < 4.78 is 4.90. The first-order valence-electron chi connectivity index (χ1n) is 6.39. The zero-order valence-corrected chi connectivity index (χ0v) is 11.9. The summed E-state index contributed by atoms with van der Waals surface area (Å²) in [6.07, 6.45) is 0. The highest BCUT2D eigenvalue weighted by atomic mass is 35.5. The van der Waals surface area contributed by atoms with Crippen molar-refractivity contribution >= 4 is 23.3 Å². The van der Waals surface area contributed by atoms with E-state index in [1.807, 2.05) is 48.5 Å². The van der Waals surface area contributed by atoms with E-state index in [2.05, 4.69) is 0 Å². The number of rotatable bonds is 4. The van der Waals surface area contributed by atoms with Crippen molar-refractivity contribution in [1.29, 1.82) is 0 Å². The highest BCUT2D eigenvalue weighted by Gasteiger charge is 2.18. The van der Waals surface area contributed by atoms with Crippen molar-refractivity contribution in [2.75, 3.05) is 12.3 Å². The SMILES string of the molecule is CCOC(=O)C(Cl)c1ccc(-c2ccccc2N)cc1. The molecule has 1 atom stereocenters. The second-order valence-electron chi connectivity index (χ2n) is 4.32. The first kappa shape index (κ1) is 14.4. The molecule has 0 fully saturated rings. The van der Waals surface area contributed by atoms with Crippen LogP contribution in [0.2, 0.25) is 0 Å². The molecule has 2 N–H and O–H groups in total. The fourth-order valence-corrected chi connectivity index (χ4v) is 2.15. The number of anilines is 1. The van der Waals surface area contributed by atoms with Crippen molar-refractivity contribution in [3.63, 3.8) is 0 Å². The predicted molar refractivity (Wildman–Crippen MR) is 81.5 cm³/mol. The van der Waals surface area contributed by atoms with Crippen LogP contribution in [0.15, 0.2) is 48.5 Å². The minimum atomic E-state index is -0.780. The largest absolute Gasteiger partial charge is 0.465 e. The third kappa shape index (κ3) is 3.11. The molecular formula is C16H16ClNO2. The fourth-order valence-electron chi connectivity index (χ4n) is 1.94. The molecule has 0 aliphatic heterocycles. The average molecular weight is 290 g/mol. The maximum atomic E-state index is 11.6. The van der Waals surface area contributed by atoms with Gasteiger partial charge in [-0.1, -0.05) is 42.5 Å². The smallest absolute Gasteiger partial charge is 0.328 e. The molecule has 1 unspecified atom stereocenters. The van der Waals surface area contributed by atoms with Crippen LogP contribution < -0.4 is 5.73 Å². The summed E-state index contributed by atoms with van der Waals surface area (Å²) in [7, 11) is 0. The van der Waals surface area contributed by atoms with Gasteiger partial charge in [0.05, 0.1) is 6.61 Å². The number of ether oxygens (including phenoxy) is 1. The number of alkyl halides is 1. The standard InChI is InChI=1S/C16H16ClNO2/c1-2-20-16(19)15(17)12-9-7-11(8-10-12)13-5-3-4-6-14(13)18/h3-10,15H,2,18H2,1H3. The molecule has 0 amide bonds. The Labute approximate surface area is 123 Å². The van der Waals surface area contributed by atoms with Gasteiger partial charge in [0.2, 0.25) is 0 Å². The van der Waals surface area contributed by atoms with Crippen LogP contribution in [0.3, 0.4) is 0 Å². The van der Waals surface area contributed by atoms with Crippen molar-refractivity contribution in [2.24, 2.45) is 0 Å². The molecule has 20 heavy (non-hydrogen) atoms. The van der Waals surface area contributed by atoms with Crippen molar-refractivity contribution in [3.05, 3.63) is 54.1 Å². The number of hydrogen-bond acceptors (Lipinski definition) is 3. The van der Waals surface area contributed by atoms with Crippen molar-refractivity contribution in [1.82, 2.24) is 0 Å². The first-order valence-corrected chi connectivity index (χ1v) is 6.82. The normalized spacial score (nSPS) is 11.9. The fraction of sp³-hybridized carbons (Fsp3) is 0.188. The lowest BCUT2D eigenvalue weighted by atomic mass is 10.0. The van der Waals surface area contributed by atoms with Gasteiger partial charge in [-0.2, -0.15) is 0 Å². The van der Waals surface area contributed by atoms with Crippen LogP contribution in [-0.4, -0.2) is 12.6 Å². The summed E-state index contributed by atoms with van der Waals surface area (Å²) in [5, 5.41) is -0.780. The molecule has 4 heteroatoms. The van der Waals surface area contributed by atoms with Gasteiger partial charge in [-0.15, -0.1) is 11.6 Å². The number of para-hydroxylation sites is 1. The number of nitrogen functional groups attached to an aromatic ring is 1. The highest BCUT2D eigenvalue weighted by Crippen LogP contribution is 2.28. The van der Waals surface area contributed by atoms with Gasteiger partial charge in [0.25, 0.3) is 0 Å². The molecule has 0 aliphatic carbocycles. The maximum Gasteiger partial charge on any atom is 0.328 e. The first-order chi connectivity index (χ1) is 9.63. The summed E-state index contributed by atoms with van der Waals surface area (Å²) in [5.74, 6) is -0.429. The molecule has 0 heterocycles. The van der Waals surface area contributed by atoms with Crippen molar-refractivity contribution in [2.45, 2.75) is 12.3 Å². The Balaban J connectivity index is 2.23.